The van der Waals surface area contributed by atoms with Crippen molar-refractivity contribution in [2.45, 2.75) is 79.2 Å². The smallest absolute Gasteiger partial charge is 0.165 e. The number of methoxy groups -OCH3 is 1. The molecule has 2 aromatic rings. The summed E-state index contributed by atoms with van der Waals surface area (Å²) in [4.78, 5) is 27.4. The molecule has 0 N–H and O–H groups in total. The molecule has 0 saturated heterocycles. The number of hydrogen-bond acceptors (Lipinski definition) is 5. The summed E-state index contributed by atoms with van der Waals surface area (Å²) in [5.41, 5.74) is 4.83. The number of rotatable bonds is 7. The van der Waals surface area contributed by atoms with Gasteiger partial charge in [0.15, 0.2) is 23.1 Å². The standard InChI is InChI=1S/C35H40O5/c1-8-9-23-14-24(15-27(38-7)33(23)39-20-22-12-10-21(2)11-13-22)30-31-25(36)16-34(3,4)18-28(31)40-29-19-35(5,6)17-26(37)32(29)30/h8,10-15,30H,1,9,16-20H2,2-7H3. The highest BCUT2D eigenvalue weighted by atomic mass is 16.5. The summed E-state index contributed by atoms with van der Waals surface area (Å²) in [6.45, 7) is 14.8. The molecule has 2 aliphatic carbocycles. The van der Waals surface area contributed by atoms with Crippen LogP contribution < -0.4 is 9.47 Å². The molecule has 0 radical (unpaired) electrons. The van der Waals surface area contributed by atoms with E-state index in [2.05, 4.69) is 71.5 Å². The lowest BCUT2D eigenvalue weighted by atomic mass is 9.65. The first-order valence-corrected chi connectivity index (χ1v) is 14.1. The SMILES string of the molecule is C=CCc1cc(C2C3=C(CC(C)(C)CC3=O)OC3=C2C(=O)CC(C)(C)C3)cc(OC)c1OCc1ccc(C)cc1. The van der Waals surface area contributed by atoms with Crippen LogP contribution in [0.25, 0.3) is 0 Å². The fourth-order valence-electron chi connectivity index (χ4n) is 6.32. The molecule has 5 rings (SSSR count). The lowest BCUT2D eigenvalue weighted by Crippen LogP contribution is -2.37. The number of aryl methyl sites for hydroxylation is 1. The van der Waals surface area contributed by atoms with Gasteiger partial charge in [-0.3, -0.25) is 9.59 Å². The molecular weight excluding hydrogens is 500 g/mol. The second-order valence-corrected chi connectivity index (χ2v) is 13.1. The van der Waals surface area contributed by atoms with Crippen LogP contribution in [-0.2, 0) is 27.4 Å². The van der Waals surface area contributed by atoms with Crippen LogP contribution >= 0.6 is 0 Å². The minimum Gasteiger partial charge on any atom is -0.493 e. The van der Waals surface area contributed by atoms with Crippen LogP contribution in [0.15, 0.2) is 71.7 Å². The van der Waals surface area contributed by atoms with Gasteiger partial charge in [-0.1, -0.05) is 69.7 Å². The topological polar surface area (TPSA) is 61.8 Å². The summed E-state index contributed by atoms with van der Waals surface area (Å²) in [5, 5.41) is 0. The molecular formula is C35H40O5. The highest BCUT2D eigenvalue weighted by molar-refractivity contribution is 6.06. The Morgan fingerprint density at radius 2 is 1.50 bits per heavy atom. The van der Waals surface area contributed by atoms with Crippen LogP contribution in [0.5, 0.6) is 11.5 Å². The van der Waals surface area contributed by atoms with Gasteiger partial charge in [0.25, 0.3) is 0 Å². The van der Waals surface area contributed by atoms with E-state index in [0.29, 0.717) is 72.9 Å². The van der Waals surface area contributed by atoms with Crippen LogP contribution in [0, 0.1) is 17.8 Å². The second kappa shape index (κ2) is 10.4. The largest absolute Gasteiger partial charge is 0.493 e. The molecule has 0 aromatic heterocycles. The Morgan fingerprint density at radius 3 is 2.02 bits per heavy atom. The monoisotopic (exact) mass is 540 g/mol. The second-order valence-electron chi connectivity index (χ2n) is 13.1. The van der Waals surface area contributed by atoms with Crippen molar-refractivity contribution in [1.82, 2.24) is 0 Å². The van der Waals surface area contributed by atoms with Crippen molar-refractivity contribution in [3.05, 3.63) is 94.0 Å². The Kier molecular flexibility index (Phi) is 7.28. The summed E-state index contributed by atoms with van der Waals surface area (Å²) in [6.07, 6.45) is 4.54. The fourth-order valence-corrected chi connectivity index (χ4v) is 6.32. The van der Waals surface area contributed by atoms with Gasteiger partial charge in [0.1, 0.15) is 18.1 Å². The number of Topliss-reactive ketones (excluding diaryl/α,β-unsaturated/α-hetero) is 2. The van der Waals surface area contributed by atoms with Gasteiger partial charge < -0.3 is 14.2 Å². The summed E-state index contributed by atoms with van der Waals surface area (Å²) in [7, 11) is 1.62. The number of carbonyl (C=O) groups excluding carboxylic acids is 2. The minimum atomic E-state index is -0.491. The summed E-state index contributed by atoms with van der Waals surface area (Å²) >= 11 is 0. The zero-order chi connectivity index (χ0) is 28.8. The van der Waals surface area contributed by atoms with Crippen molar-refractivity contribution in [2.24, 2.45) is 10.8 Å². The maximum atomic E-state index is 13.7. The van der Waals surface area contributed by atoms with Crippen LogP contribution in [-0.4, -0.2) is 18.7 Å². The molecule has 40 heavy (non-hydrogen) atoms. The molecule has 0 bridgehead atoms. The van der Waals surface area contributed by atoms with Crippen molar-refractivity contribution in [3.63, 3.8) is 0 Å². The maximum Gasteiger partial charge on any atom is 0.165 e. The minimum absolute atomic E-state index is 0.0457. The number of hydrogen-bond donors (Lipinski definition) is 0. The Labute approximate surface area is 237 Å². The number of ketones is 2. The van der Waals surface area contributed by atoms with Crippen molar-refractivity contribution in [2.75, 3.05) is 7.11 Å². The lowest BCUT2D eigenvalue weighted by molar-refractivity contribution is -0.120. The van der Waals surface area contributed by atoms with Gasteiger partial charge in [-0.2, -0.15) is 0 Å². The number of ether oxygens (including phenoxy) is 3. The molecule has 0 atom stereocenters. The van der Waals surface area contributed by atoms with Gasteiger partial charge in [-0.05, 0) is 41.4 Å². The Morgan fingerprint density at radius 1 is 0.925 bits per heavy atom. The fraction of sp³-hybridized carbons (Fsp3) is 0.429. The van der Waals surface area contributed by atoms with Crippen molar-refractivity contribution < 1.29 is 23.8 Å². The quantitative estimate of drug-likeness (QED) is 0.337. The third-order valence-electron chi connectivity index (χ3n) is 8.16. The molecule has 0 saturated carbocycles. The Balaban J connectivity index is 1.64. The number of allylic oxidation sites excluding steroid dienone is 5. The van der Waals surface area contributed by atoms with E-state index < -0.39 is 5.92 Å². The predicted molar refractivity (Wildman–Crippen MR) is 156 cm³/mol. The summed E-state index contributed by atoms with van der Waals surface area (Å²) in [5.74, 6) is 2.24. The van der Waals surface area contributed by atoms with E-state index in [0.717, 1.165) is 16.7 Å². The first-order chi connectivity index (χ1) is 18.9. The normalized spacial score (nSPS) is 20.1. The van der Waals surface area contributed by atoms with E-state index >= 15 is 0 Å². The molecule has 0 unspecified atom stereocenters. The lowest BCUT2D eigenvalue weighted by Gasteiger charge is -2.42. The Hall–Kier alpha value is -3.60. The van der Waals surface area contributed by atoms with Crippen LogP contribution in [0.3, 0.4) is 0 Å². The van der Waals surface area contributed by atoms with Crippen LogP contribution in [0.2, 0.25) is 0 Å². The Bertz CT molecular complexity index is 1380. The average molecular weight is 541 g/mol. The molecule has 5 nitrogen and oxygen atoms in total. The van der Waals surface area contributed by atoms with Gasteiger partial charge in [0, 0.05) is 48.3 Å². The molecule has 1 heterocycles. The van der Waals surface area contributed by atoms with Crippen LogP contribution in [0.1, 0.15) is 81.5 Å². The van der Waals surface area contributed by atoms with Gasteiger partial charge in [0.05, 0.1) is 7.11 Å². The highest BCUT2D eigenvalue weighted by Crippen LogP contribution is 2.54. The first-order valence-electron chi connectivity index (χ1n) is 14.1. The molecule has 3 aliphatic rings. The number of carbonyl (C=O) groups is 2. The van der Waals surface area contributed by atoms with Gasteiger partial charge in [-0.15, -0.1) is 6.58 Å². The van der Waals surface area contributed by atoms with E-state index in [9.17, 15) is 9.59 Å². The van der Waals surface area contributed by atoms with E-state index in [1.807, 2.05) is 12.1 Å². The maximum absolute atomic E-state index is 13.7. The molecule has 0 fully saturated rings. The summed E-state index contributed by atoms with van der Waals surface area (Å²) < 4.78 is 18.7. The molecule has 5 heteroatoms. The van der Waals surface area contributed by atoms with Crippen LogP contribution in [0.4, 0.5) is 0 Å². The predicted octanol–water partition coefficient (Wildman–Crippen LogP) is 7.71. The average Bonchev–Trinajstić information content (AvgIpc) is 2.86. The van der Waals surface area contributed by atoms with E-state index in [-0.39, 0.29) is 22.4 Å². The van der Waals surface area contributed by atoms with Gasteiger partial charge in [-0.25, -0.2) is 0 Å². The van der Waals surface area contributed by atoms with E-state index in [4.69, 9.17) is 14.2 Å². The molecule has 0 amide bonds. The van der Waals surface area contributed by atoms with E-state index in [1.54, 1.807) is 7.11 Å². The van der Waals surface area contributed by atoms with Gasteiger partial charge in [0.2, 0.25) is 0 Å². The van der Waals surface area contributed by atoms with Crippen molar-refractivity contribution >= 4 is 11.6 Å². The summed E-state index contributed by atoms with van der Waals surface area (Å²) in [6, 6.07) is 12.2. The zero-order valence-corrected chi connectivity index (χ0v) is 24.6. The van der Waals surface area contributed by atoms with E-state index in [1.165, 1.54) is 5.56 Å². The van der Waals surface area contributed by atoms with Gasteiger partial charge >= 0.3 is 0 Å². The molecule has 1 aliphatic heterocycles. The molecule has 0 spiro atoms. The van der Waals surface area contributed by atoms with Crippen molar-refractivity contribution in [3.8, 4) is 11.5 Å². The third kappa shape index (κ3) is 5.39. The third-order valence-corrected chi connectivity index (χ3v) is 8.16. The highest BCUT2D eigenvalue weighted by Gasteiger charge is 2.48. The zero-order valence-electron chi connectivity index (χ0n) is 24.6. The molecule has 210 valence electrons. The van der Waals surface area contributed by atoms with Crippen molar-refractivity contribution in [1.29, 1.82) is 0 Å². The molecule has 2 aromatic carbocycles. The first kappa shape index (κ1) is 27.9. The number of benzene rings is 2.